The lowest BCUT2D eigenvalue weighted by atomic mass is 9.78. The van der Waals surface area contributed by atoms with Crippen molar-refractivity contribution in [3.63, 3.8) is 0 Å². The fourth-order valence-electron chi connectivity index (χ4n) is 4.62. The molecule has 154 valence electrons. The molecule has 8 heteroatoms. The molecule has 1 saturated heterocycles. The average Bonchev–Trinajstić information content (AvgIpc) is 3.24. The third-order valence-corrected chi connectivity index (χ3v) is 6.13. The van der Waals surface area contributed by atoms with E-state index in [0.29, 0.717) is 38.0 Å². The molecule has 29 heavy (non-hydrogen) atoms. The van der Waals surface area contributed by atoms with Crippen LogP contribution in [0.5, 0.6) is 0 Å². The molecule has 2 amide bonds. The van der Waals surface area contributed by atoms with E-state index in [0.717, 1.165) is 29.9 Å². The summed E-state index contributed by atoms with van der Waals surface area (Å²) in [6, 6.07) is 3.64. The number of aryl methyl sites for hydroxylation is 1. The van der Waals surface area contributed by atoms with E-state index in [1.807, 2.05) is 22.8 Å². The van der Waals surface area contributed by atoms with Gasteiger partial charge in [-0.3, -0.25) is 14.6 Å². The molecule has 0 radical (unpaired) electrons. The molecule has 2 aromatic heterocycles. The lowest BCUT2D eigenvalue weighted by Crippen LogP contribution is -2.59. The first-order chi connectivity index (χ1) is 14.1. The van der Waals surface area contributed by atoms with Crippen molar-refractivity contribution in [2.24, 2.45) is 0 Å². The van der Waals surface area contributed by atoms with Crippen LogP contribution in [-0.4, -0.2) is 69.9 Å². The molecule has 4 heterocycles. The average molecular weight is 397 g/mol. The number of hydrogen-bond acceptors (Lipinski definition) is 5. The summed E-state index contributed by atoms with van der Waals surface area (Å²) >= 11 is 0. The van der Waals surface area contributed by atoms with Crippen LogP contribution < -0.4 is 0 Å². The van der Waals surface area contributed by atoms with Crippen LogP contribution in [0.25, 0.3) is 0 Å². The molecule has 1 fully saturated rings. The van der Waals surface area contributed by atoms with E-state index in [1.54, 1.807) is 18.6 Å². The number of imidazole rings is 1. The Balaban J connectivity index is 1.57. The highest BCUT2D eigenvalue weighted by atomic mass is 16.5. The Labute approximate surface area is 170 Å². The Morgan fingerprint density at radius 1 is 1.24 bits per heavy atom. The van der Waals surface area contributed by atoms with Crippen LogP contribution in [0.2, 0.25) is 0 Å². The molecule has 1 N–H and O–H groups in total. The number of hydrogen-bond donors (Lipinski definition) is 1. The summed E-state index contributed by atoms with van der Waals surface area (Å²) in [5, 5.41) is 0. The summed E-state index contributed by atoms with van der Waals surface area (Å²) in [6.45, 7) is 3.87. The number of aromatic nitrogens is 3. The molecule has 0 atom stereocenters. The number of nitrogens with zero attached hydrogens (tertiary/aromatic N) is 4. The third kappa shape index (κ3) is 3.42. The minimum absolute atomic E-state index is 0.0183. The number of carbonyl (C=O) groups is 2. The highest BCUT2D eigenvalue weighted by Gasteiger charge is 2.49. The van der Waals surface area contributed by atoms with Gasteiger partial charge in [-0.1, -0.05) is 6.92 Å². The zero-order valence-electron chi connectivity index (χ0n) is 17.0. The molecule has 0 unspecified atom stereocenters. The Hall–Kier alpha value is -2.74. The van der Waals surface area contributed by atoms with E-state index >= 15 is 0 Å². The molecule has 2 aliphatic heterocycles. The first-order valence-electron chi connectivity index (χ1n) is 10.2. The summed E-state index contributed by atoms with van der Waals surface area (Å²) in [7, 11) is 1.54. The lowest BCUT2D eigenvalue weighted by molar-refractivity contribution is -0.145. The predicted molar refractivity (Wildman–Crippen MR) is 106 cm³/mol. The lowest BCUT2D eigenvalue weighted by Gasteiger charge is -2.50. The maximum Gasteiger partial charge on any atom is 0.253 e. The van der Waals surface area contributed by atoms with Gasteiger partial charge in [0.2, 0.25) is 5.91 Å². The van der Waals surface area contributed by atoms with E-state index in [9.17, 15) is 9.59 Å². The first-order valence-corrected chi connectivity index (χ1v) is 10.2. The van der Waals surface area contributed by atoms with E-state index in [-0.39, 0.29) is 18.4 Å². The molecule has 0 aromatic carbocycles. The van der Waals surface area contributed by atoms with E-state index < -0.39 is 5.54 Å². The predicted octanol–water partition coefficient (Wildman–Crippen LogP) is 1.53. The number of amides is 2. The fraction of sp³-hybridized carbons (Fsp3) is 0.524. The molecule has 0 bridgehead atoms. The Kier molecular flexibility index (Phi) is 5.36. The summed E-state index contributed by atoms with van der Waals surface area (Å²) in [5.41, 5.74) is 3.14. The molecule has 2 aromatic rings. The van der Waals surface area contributed by atoms with Crippen molar-refractivity contribution < 1.29 is 14.3 Å². The van der Waals surface area contributed by atoms with Crippen molar-refractivity contribution in [3.8, 4) is 0 Å². The van der Waals surface area contributed by atoms with Crippen molar-refractivity contribution in [1.82, 2.24) is 24.8 Å². The number of rotatable bonds is 4. The van der Waals surface area contributed by atoms with Crippen molar-refractivity contribution in [3.05, 3.63) is 47.3 Å². The van der Waals surface area contributed by atoms with E-state index in [2.05, 4.69) is 15.0 Å². The van der Waals surface area contributed by atoms with Gasteiger partial charge in [-0.05, 0) is 31.4 Å². The van der Waals surface area contributed by atoms with Crippen LogP contribution in [0.4, 0.5) is 0 Å². The molecule has 4 rings (SSSR count). The van der Waals surface area contributed by atoms with Gasteiger partial charge in [0, 0.05) is 56.3 Å². The quantitative estimate of drug-likeness (QED) is 0.845. The molecule has 8 nitrogen and oxygen atoms in total. The highest BCUT2D eigenvalue weighted by Crippen LogP contribution is 2.42. The standard InChI is InChI=1S/C21H27N5O3/c1-3-16-12-15(4-8-22-16)20(28)25-10-6-21(7-11-25)19-17(23-14-24-19)5-9-26(21)18(27)13-29-2/h4,8,12,14H,3,5-7,9-11,13H2,1-2H3,(H,23,24). The molecule has 0 aliphatic carbocycles. The van der Waals surface area contributed by atoms with Crippen molar-refractivity contribution in [2.75, 3.05) is 33.4 Å². The molecular formula is C21H27N5O3. The van der Waals surface area contributed by atoms with Gasteiger partial charge >= 0.3 is 0 Å². The largest absolute Gasteiger partial charge is 0.375 e. The fourth-order valence-corrected chi connectivity index (χ4v) is 4.62. The Morgan fingerprint density at radius 2 is 2.03 bits per heavy atom. The van der Waals surface area contributed by atoms with Crippen LogP contribution in [0.15, 0.2) is 24.7 Å². The number of pyridine rings is 1. The van der Waals surface area contributed by atoms with Crippen LogP contribution in [0.3, 0.4) is 0 Å². The monoisotopic (exact) mass is 397 g/mol. The number of ether oxygens (including phenoxy) is 1. The first kappa shape index (κ1) is 19.6. The zero-order valence-corrected chi connectivity index (χ0v) is 17.0. The highest BCUT2D eigenvalue weighted by molar-refractivity contribution is 5.94. The van der Waals surface area contributed by atoms with Gasteiger partial charge in [-0.2, -0.15) is 0 Å². The second kappa shape index (κ2) is 7.94. The number of likely N-dealkylation sites (tertiary alicyclic amines) is 1. The zero-order chi connectivity index (χ0) is 20.4. The van der Waals surface area contributed by atoms with Gasteiger partial charge < -0.3 is 19.5 Å². The van der Waals surface area contributed by atoms with Crippen LogP contribution >= 0.6 is 0 Å². The number of H-pyrrole nitrogens is 1. The van der Waals surface area contributed by atoms with E-state index in [1.165, 1.54) is 7.11 Å². The summed E-state index contributed by atoms with van der Waals surface area (Å²) in [6.07, 6.45) is 6.28. The van der Waals surface area contributed by atoms with Gasteiger partial charge in [0.05, 0.1) is 17.6 Å². The van der Waals surface area contributed by atoms with Gasteiger partial charge in [-0.15, -0.1) is 0 Å². The van der Waals surface area contributed by atoms with Crippen LogP contribution in [0.1, 0.15) is 47.2 Å². The number of nitrogens with one attached hydrogen (secondary N) is 1. The number of aromatic amines is 1. The summed E-state index contributed by atoms with van der Waals surface area (Å²) < 4.78 is 5.11. The number of piperidine rings is 1. The normalized spacial score (nSPS) is 18.0. The van der Waals surface area contributed by atoms with Gasteiger partial charge in [-0.25, -0.2) is 4.98 Å². The molecular weight excluding hydrogens is 370 g/mol. The smallest absolute Gasteiger partial charge is 0.253 e. The minimum Gasteiger partial charge on any atom is -0.375 e. The van der Waals surface area contributed by atoms with Crippen LogP contribution in [0, 0.1) is 0 Å². The van der Waals surface area contributed by atoms with Gasteiger partial charge in [0.1, 0.15) is 6.61 Å². The second-order valence-corrected chi connectivity index (χ2v) is 7.67. The topological polar surface area (TPSA) is 91.4 Å². The van der Waals surface area contributed by atoms with Crippen LogP contribution in [-0.2, 0) is 27.9 Å². The number of carbonyl (C=O) groups excluding carboxylic acids is 2. The van der Waals surface area contributed by atoms with Crippen molar-refractivity contribution in [2.45, 2.75) is 38.1 Å². The SMILES string of the molecule is CCc1cc(C(=O)N2CCC3(CC2)c2nc[nH]c2CCN3C(=O)COC)ccn1. The maximum absolute atomic E-state index is 13.0. The Bertz CT molecular complexity index is 901. The maximum atomic E-state index is 13.0. The molecule has 1 spiro atoms. The minimum atomic E-state index is -0.479. The van der Waals surface area contributed by atoms with Crippen molar-refractivity contribution in [1.29, 1.82) is 0 Å². The van der Waals surface area contributed by atoms with Gasteiger partial charge in [0.25, 0.3) is 5.91 Å². The third-order valence-electron chi connectivity index (χ3n) is 6.13. The second-order valence-electron chi connectivity index (χ2n) is 7.67. The summed E-state index contributed by atoms with van der Waals surface area (Å²) in [5.74, 6) is -0.00701. The molecule has 0 saturated carbocycles. The summed E-state index contributed by atoms with van der Waals surface area (Å²) in [4.78, 5) is 41.7. The Morgan fingerprint density at radius 3 is 2.76 bits per heavy atom. The van der Waals surface area contributed by atoms with Gasteiger partial charge in [0.15, 0.2) is 0 Å². The van der Waals surface area contributed by atoms with Crippen molar-refractivity contribution >= 4 is 11.8 Å². The molecule has 2 aliphatic rings. The number of fused-ring (bicyclic) bond motifs is 2. The van der Waals surface area contributed by atoms with E-state index in [4.69, 9.17) is 4.74 Å². The number of methoxy groups -OCH3 is 1.